The van der Waals surface area contributed by atoms with Gasteiger partial charge in [-0.2, -0.15) is 15.0 Å². The summed E-state index contributed by atoms with van der Waals surface area (Å²) in [6, 6.07) is 11.8. The van der Waals surface area contributed by atoms with E-state index < -0.39 is 5.82 Å². The molecular weight excluding hydrogens is 309 g/mol. The Bertz CT molecular complexity index is 867. The normalized spacial score (nSPS) is 10.5. The molecule has 0 unspecified atom stereocenters. The number of halogens is 1. The summed E-state index contributed by atoms with van der Waals surface area (Å²) in [6.07, 6.45) is 0. The number of methoxy groups -OCH3 is 1. The van der Waals surface area contributed by atoms with Crippen LogP contribution >= 0.6 is 0 Å². The molecule has 1 aromatic heterocycles. The van der Waals surface area contributed by atoms with Crippen LogP contribution in [0, 0.1) is 12.7 Å². The maximum absolute atomic E-state index is 13.6. The molecule has 0 amide bonds. The molecule has 0 aliphatic carbocycles. The topological polar surface area (TPSA) is 86.0 Å². The maximum atomic E-state index is 13.6. The molecule has 0 bridgehead atoms. The number of ether oxygens (including phenoxy) is 1. The summed E-state index contributed by atoms with van der Waals surface area (Å²) in [5.41, 5.74) is 8.12. The van der Waals surface area contributed by atoms with Crippen LogP contribution in [0.3, 0.4) is 0 Å². The summed E-state index contributed by atoms with van der Waals surface area (Å²) in [4.78, 5) is 12.5. The second kappa shape index (κ2) is 6.49. The molecule has 0 radical (unpaired) electrons. The Kier molecular flexibility index (Phi) is 4.24. The van der Waals surface area contributed by atoms with Gasteiger partial charge in [0.15, 0.2) is 5.82 Å². The first-order chi connectivity index (χ1) is 11.5. The van der Waals surface area contributed by atoms with E-state index in [2.05, 4.69) is 20.3 Å². The Labute approximate surface area is 138 Å². The van der Waals surface area contributed by atoms with E-state index in [4.69, 9.17) is 10.5 Å². The van der Waals surface area contributed by atoms with Crippen LogP contribution in [0.4, 0.5) is 22.0 Å². The van der Waals surface area contributed by atoms with Gasteiger partial charge in [0.25, 0.3) is 0 Å². The second-order valence-corrected chi connectivity index (χ2v) is 5.18. The van der Waals surface area contributed by atoms with Gasteiger partial charge in [-0.15, -0.1) is 0 Å². The standard InChI is InChI=1S/C17H16FN5O/c1-10-3-6-12(7-4-10)20-17-22-15(21-16(19)23-17)13-9-11(18)5-8-14(13)24-2/h3-9H,1-2H3,(H3,19,20,21,22,23). The third-order valence-electron chi connectivity index (χ3n) is 3.36. The van der Waals surface area contributed by atoms with E-state index >= 15 is 0 Å². The molecule has 3 aromatic rings. The fourth-order valence-electron chi connectivity index (χ4n) is 2.19. The molecule has 0 atom stereocenters. The van der Waals surface area contributed by atoms with E-state index in [1.165, 1.54) is 25.3 Å². The molecule has 0 aliphatic rings. The van der Waals surface area contributed by atoms with Gasteiger partial charge in [0.2, 0.25) is 11.9 Å². The highest BCUT2D eigenvalue weighted by molar-refractivity contribution is 5.66. The van der Waals surface area contributed by atoms with Crippen LogP contribution < -0.4 is 15.8 Å². The first kappa shape index (κ1) is 15.7. The Morgan fingerprint density at radius 3 is 2.50 bits per heavy atom. The van der Waals surface area contributed by atoms with Gasteiger partial charge in [-0.05, 0) is 37.3 Å². The number of nitrogens with zero attached hydrogens (tertiary/aromatic N) is 3. The van der Waals surface area contributed by atoms with Crippen LogP contribution in [-0.2, 0) is 0 Å². The van der Waals surface area contributed by atoms with Crippen molar-refractivity contribution in [2.45, 2.75) is 6.92 Å². The molecule has 0 spiro atoms. The van der Waals surface area contributed by atoms with Gasteiger partial charge in [0.1, 0.15) is 11.6 Å². The SMILES string of the molecule is COc1ccc(F)cc1-c1nc(N)nc(Nc2ccc(C)cc2)n1. The fraction of sp³-hybridized carbons (Fsp3) is 0.118. The molecule has 122 valence electrons. The predicted octanol–water partition coefficient (Wildman–Crippen LogP) is 3.32. The van der Waals surface area contributed by atoms with Gasteiger partial charge in [0.05, 0.1) is 12.7 Å². The Morgan fingerprint density at radius 1 is 1.04 bits per heavy atom. The first-order valence-corrected chi connectivity index (χ1v) is 7.24. The maximum Gasteiger partial charge on any atom is 0.232 e. The number of nitrogen functional groups attached to an aromatic ring is 1. The van der Waals surface area contributed by atoms with Crippen LogP contribution in [0.2, 0.25) is 0 Å². The van der Waals surface area contributed by atoms with Crippen LogP contribution in [0.15, 0.2) is 42.5 Å². The number of aryl methyl sites for hydroxylation is 1. The van der Waals surface area contributed by atoms with Gasteiger partial charge in [-0.1, -0.05) is 17.7 Å². The Morgan fingerprint density at radius 2 is 1.79 bits per heavy atom. The third kappa shape index (κ3) is 3.40. The molecule has 0 fully saturated rings. The van der Waals surface area contributed by atoms with E-state index in [-0.39, 0.29) is 17.7 Å². The summed E-state index contributed by atoms with van der Waals surface area (Å²) < 4.78 is 18.8. The first-order valence-electron chi connectivity index (χ1n) is 7.24. The molecule has 7 heteroatoms. The highest BCUT2D eigenvalue weighted by Crippen LogP contribution is 2.29. The van der Waals surface area contributed by atoms with E-state index in [1.807, 2.05) is 31.2 Å². The van der Waals surface area contributed by atoms with Gasteiger partial charge in [-0.25, -0.2) is 4.39 Å². The number of hydrogen-bond donors (Lipinski definition) is 2. The van der Waals surface area contributed by atoms with Crippen molar-refractivity contribution >= 4 is 17.6 Å². The van der Waals surface area contributed by atoms with Crippen molar-refractivity contribution < 1.29 is 9.13 Å². The number of aromatic nitrogens is 3. The van der Waals surface area contributed by atoms with Crippen molar-refractivity contribution in [1.82, 2.24) is 15.0 Å². The van der Waals surface area contributed by atoms with Crippen molar-refractivity contribution in [3.63, 3.8) is 0 Å². The number of nitrogens with one attached hydrogen (secondary N) is 1. The number of hydrogen-bond acceptors (Lipinski definition) is 6. The summed E-state index contributed by atoms with van der Waals surface area (Å²) >= 11 is 0. The average Bonchev–Trinajstić information content (AvgIpc) is 2.56. The lowest BCUT2D eigenvalue weighted by atomic mass is 10.2. The van der Waals surface area contributed by atoms with Crippen LogP contribution in [0.25, 0.3) is 11.4 Å². The monoisotopic (exact) mass is 325 g/mol. The van der Waals surface area contributed by atoms with Crippen molar-refractivity contribution in [3.8, 4) is 17.1 Å². The van der Waals surface area contributed by atoms with E-state index in [0.29, 0.717) is 11.3 Å². The minimum Gasteiger partial charge on any atom is -0.496 e. The van der Waals surface area contributed by atoms with Gasteiger partial charge in [-0.3, -0.25) is 0 Å². The van der Waals surface area contributed by atoms with Gasteiger partial charge >= 0.3 is 0 Å². The van der Waals surface area contributed by atoms with Crippen LogP contribution in [0.1, 0.15) is 5.56 Å². The van der Waals surface area contributed by atoms with Gasteiger partial charge < -0.3 is 15.8 Å². The quantitative estimate of drug-likeness (QED) is 0.765. The average molecular weight is 325 g/mol. The lowest BCUT2D eigenvalue weighted by Gasteiger charge is -2.10. The highest BCUT2D eigenvalue weighted by atomic mass is 19.1. The largest absolute Gasteiger partial charge is 0.496 e. The molecule has 6 nitrogen and oxygen atoms in total. The van der Waals surface area contributed by atoms with Gasteiger partial charge in [0, 0.05) is 5.69 Å². The molecule has 0 saturated carbocycles. The molecule has 24 heavy (non-hydrogen) atoms. The molecular formula is C17H16FN5O. The van der Waals surface area contributed by atoms with E-state index in [0.717, 1.165) is 11.3 Å². The molecule has 3 rings (SSSR count). The van der Waals surface area contributed by atoms with Crippen molar-refractivity contribution in [2.75, 3.05) is 18.2 Å². The smallest absolute Gasteiger partial charge is 0.232 e. The molecule has 3 N–H and O–H groups in total. The number of benzene rings is 2. The van der Waals surface area contributed by atoms with Crippen molar-refractivity contribution in [2.24, 2.45) is 0 Å². The summed E-state index contributed by atoms with van der Waals surface area (Å²) in [5, 5.41) is 3.06. The minimum absolute atomic E-state index is 0.0286. The van der Waals surface area contributed by atoms with E-state index in [1.54, 1.807) is 0 Å². The zero-order valence-corrected chi connectivity index (χ0v) is 13.2. The summed E-state index contributed by atoms with van der Waals surface area (Å²) in [6.45, 7) is 2.00. The fourth-order valence-corrected chi connectivity index (χ4v) is 2.19. The summed E-state index contributed by atoms with van der Waals surface area (Å²) in [5.74, 6) is 0.558. The second-order valence-electron chi connectivity index (χ2n) is 5.18. The molecule has 0 aliphatic heterocycles. The lowest BCUT2D eigenvalue weighted by Crippen LogP contribution is -2.05. The molecule has 0 saturated heterocycles. The lowest BCUT2D eigenvalue weighted by molar-refractivity contribution is 0.415. The van der Waals surface area contributed by atoms with E-state index in [9.17, 15) is 4.39 Å². The zero-order valence-electron chi connectivity index (χ0n) is 13.2. The number of nitrogens with two attached hydrogens (primary N) is 1. The zero-order chi connectivity index (χ0) is 17.1. The number of anilines is 3. The Hall–Kier alpha value is -3.22. The Balaban J connectivity index is 2.00. The van der Waals surface area contributed by atoms with Crippen LogP contribution in [-0.4, -0.2) is 22.1 Å². The third-order valence-corrected chi connectivity index (χ3v) is 3.36. The van der Waals surface area contributed by atoms with Crippen LogP contribution in [0.5, 0.6) is 5.75 Å². The molecule has 1 heterocycles. The number of rotatable bonds is 4. The highest BCUT2D eigenvalue weighted by Gasteiger charge is 2.13. The molecule has 2 aromatic carbocycles. The summed E-state index contributed by atoms with van der Waals surface area (Å²) in [7, 11) is 1.49. The van der Waals surface area contributed by atoms with Crippen molar-refractivity contribution in [1.29, 1.82) is 0 Å². The predicted molar refractivity (Wildman–Crippen MR) is 90.6 cm³/mol. The van der Waals surface area contributed by atoms with Crippen molar-refractivity contribution in [3.05, 3.63) is 53.8 Å². The minimum atomic E-state index is -0.419.